The van der Waals surface area contributed by atoms with Crippen LogP contribution < -0.4 is 15.8 Å². The number of piperidine rings is 1. The summed E-state index contributed by atoms with van der Waals surface area (Å²) in [5, 5.41) is 17.7. The number of alkyl halides is 3. The van der Waals surface area contributed by atoms with E-state index in [4.69, 9.17) is 5.26 Å². The number of nitriles is 1. The zero-order valence-electron chi connectivity index (χ0n) is 21.9. The van der Waals surface area contributed by atoms with Crippen molar-refractivity contribution in [3.05, 3.63) is 0 Å². The van der Waals surface area contributed by atoms with E-state index < -0.39 is 28.0 Å². The van der Waals surface area contributed by atoms with Gasteiger partial charge in [-0.25, -0.2) is 13.6 Å². The van der Waals surface area contributed by atoms with Gasteiger partial charge in [-0.05, 0) is 35.5 Å². The van der Waals surface area contributed by atoms with Crippen LogP contribution in [0.1, 0.15) is 53.9 Å². The lowest BCUT2D eigenvalue weighted by molar-refractivity contribution is -0.133. The van der Waals surface area contributed by atoms with Crippen LogP contribution in [-0.4, -0.2) is 69.1 Å². The Morgan fingerprint density at radius 2 is 1.84 bits per heavy atom. The minimum atomic E-state index is -4.73. The Balaban J connectivity index is 0.000000288. The van der Waals surface area contributed by atoms with Gasteiger partial charge in [0, 0.05) is 32.0 Å². The van der Waals surface area contributed by atoms with Gasteiger partial charge in [-0.3, -0.25) is 14.4 Å². The number of hydrogen-bond donors (Lipinski definition) is 3. The molecule has 2 heterocycles. The summed E-state index contributed by atoms with van der Waals surface area (Å²) in [6.07, 6.45) is -2.40. The van der Waals surface area contributed by atoms with Crippen LogP contribution in [0.5, 0.6) is 0 Å². The Kier molecular flexibility index (Phi) is 11.0. The van der Waals surface area contributed by atoms with Crippen molar-refractivity contribution in [2.75, 3.05) is 25.4 Å². The van der Waals surface area contributed by atoms with Crippen LogP contribution in [0, 0.1) is 39.9 Å². The lowest BCUT2D eigenvalue weighted by Crippen LogP contribution is -2.35. The standard InChI is InChI=1S/C13H23NO.C8H11N3O2.C2H4F3NO2S/c1-12(2,3)6-11(15)14-7-9-10(8-14)13(9,4)5;9-4-7(11-5-12)3-6-1-2-10-8(6)13;3-2(4,5)1-9(6,7)8/h9-10H,6-8H2,1-5H3;5-7H,1-3H2,(H,10,13)(H,11,12);1H2,(H2,6,7,8)/t9-,10?;6-,7-;/m00./s1. The van der Waals surface area contributed by atoms with Crippen molar-refractivity contribution >= 4 is 28.2 Å². The number of halogens is 3. The van der Waals surface area contributed by atoms with E-state index in [1.54, 1.807) is 0 Å². The van der Waals surface area contributed by atoms with Crippen molar-refractivity contribution in [2.45, 2.75) is 66.1 Å². The molecule has 0 aromatic rings. The molecule has 0 spiro atoms. The van der Waals surface area contributed by atoms with Gasteiger partial charge in [-0.1, -0.05) is 34.6 Å². The molecular formula is C23H38F3N5O5S. The first-order valence-electron chi connectivity index (χ1n) is 11.9. The molecular weight excluding hydrogens is 515 g/mol. The maximum absolute atomic E-state index is 12.0. The fraction of sp³-hybridized carbons (Fsp3) is 0.826. The summed E-state index contributed by atoms with van der Waals surface area (Å²) in [6, 6.07) is 1.38. The molecule has 1 saturated carbocycles. The van der Waals surface area contributed by atoms with Crippen LogP contribution in [0.3, 0.4) is 0 Å². The number of sulfonamides is 1. The molecule has 3 rings (SSSR count). The summed E-state index contributed by atoms with van der Waals surface area (Å²) >= 11 is 0. The van der Waals surface area contributed by atoms with E-state index in [1.165, 1.54) is 0 Å². The van der Waals surface area contributed by atoms with E-state index in [9.17, 15) is 36.0 Å². The molecule has 10 nitrogen and oxygen atoms in total. The molecule has 0 radical (unpaired) electrons. The van der Waals surface area contributed by atoms with Gasteiger partial charge < -0.3 is 15.5 Å². The normalized spacial score (nSPS) is 24.7. The average molecular weight is 554 g/mol. The predicted octanol–water partition coefficient (Wildman–Crippen LogP) is 1.52. The van der Waals surface area contributed by atoms with Crippen LogP contribution in [0.4, 0.5) is 13.2 Å². The topological polar surface area (TPSA) is 162 Å². The number of carbonyl (C=O) groups excluding carboxylic acids is 3. The predicted molar refractivity (Wildman–Crippen MR) is 130 cm³/mol. The Hall–Kier alpha value is -2.40. The summed E-state index contributed by atoms with van der Waals surface area (Å²) in [4.78, 5) is 35.2. The third kappa shape index (κ3) is 11.7. The van der Waals surface area contributed by atoms with Crippen molar-refractivity contribution in [3.8, 4) is 6.07 Å². The number of nitrogens with zero attached hydrogens (tertiary/aromatic N) is 2. The lowest BCUT2D eigenvalue weighted by Gasteiger charge is -2.26. The van der Waals surface area contributed by atoms with Crippen molar-refractivity contribution in [3.63, 3.8) is 0 Å². The largest absolute Gasteiger partial charge is 0.404 e. The van der Waals surface area contributed by atoms with Crippen LogP contribution in [0.2, 0.25) is 0 Å². The first-order chi connectivity index (χ1) is 16.7. The van der Waals surface area contributed by atoms with Crippen molar-refractivity contribution in [2.24, 2.45) is 33.7 Å². The highest BCUT2D eigenvalue weighted by atomic mass is 32.2. The van der Waals surface area contributed by atoms with Crippen LogP contribution >= 0.6 is 0 Å². The highest BCUT2D eigenvalue weighted by molar-refractivity contribution is 7.89. The van der Waals surface area contributed by atoms with E-state index in [0.717, 1.165) is 31.3 Å². The number of fused-ring (bicyclic) bond motifs is 1. The van der Waals surface area contributed by atoms with Gasteiger partial charge >= 0.3 is 6.18 Å². The molecule has 1 aliphatic carbocycles. The summed E-state index contributed by atoms with van der Waals surface area (Å²) in [7, 11) is -4.41. The van der Waals surface area contributed by atoms with E-state index >= 15 is 0 Å². The van der Waals surface area contributed by atoms with E-state index in [-0.39, 0.29) is 17.2 Å². The number of likely N-dealkylation sites (tertiary alicyclic amines) is 1. The quantitative estimate of drug-likeness (QED) is 0.423. The third-order valence-corrected chi connectivity index (χ3v) is 7.36. The Labute approximate surface area is 216 Å². The molecule has 212 valence electrons. The molecule has 3 fully saturated rings. The summed E-state index contributed by atoms with van der Waals surface area (Å²) in [5.41, 5.74) is 0.637. The minimum absolute atomic E-state index is 0.0204. The lowest BCUT2D eigenvalue weighted by atomic mass is 9.91. The molecule has 3 amide bonds. The second-order valence-electron chi connectivity index (χ2n) is 11.5. The smallest absolute Gasteiger partial charge is 0.356 e. The molecule has 0 aromatic heterocycles. The minimum Gasteiger partial charge on any atom is -0.356 e. The zero-order chi connectivity index (χ0) is 28.8. The number of primary sulfonamides is 1. The number of rotatable bonds is 6. The first-order valence-corrected chi connectivity index (χ1v) is 13.6. The van der Waals surface area contributed by atoms with Gasteiger partial charge in [0.25, 0.3) is 0 Å². The molecule has 4 N–H and O–H groups in total. The van der Waals surface area contributed by atoms with Crippen molar-refractivity contribution in [1.82, 2.24) is 15.5 Å². The van der Waals surface area contributed by atoms with Crippen LogP contribution in [-0.2, 0) is 24.4 Å². The van der Waals surface area contributed by atoms with Crippen LogP contribution in [0.15, 0.2) is 0 Å². The molecule has 3 aliphatic rings. The Morgan fingerprint density at radius 3 is 2.16 bits per heavy atom. The second-order valence-corrected chi connectivity index (χ2v) is 13.1. The maximum Gasteiger partial charge on any atom is 0.404 e. The van der Waals surface area contributed by atoms with Gasteiger partial charge in [-0.2, -0.15) is 18.4 Å². The number of hydrogen-bond acceptors (Lipinski definition) is 6. The van der Waals surface area contributed by atoms with Gasteiger partial charge in [0.1, 0.15) is 6.04 Å². The maximum atomic E-state index is 12.0. The number of amides is 3. The van der Waals surface area contributed by atoms with E-state index in [0.29, 0.717) is 37.1 Å². The van der Waals surface area contributed by atoms with Crippen molar-refractivity contribution < 1.29 is 36.0 Å². The third-order valence-electron chi connectivity index (χ3n) is 6.63. The fourth-order valence-corrected chi connectivity index (χ4v) is 4.98. The fourth-order valence-electron chi connectivity index (χ4n) is 4.52. The first kappa shape index (κ1) is 32.6. The molecule has 1 unspecified atom stereocenters. The number of nitrogens with two attached hydrogens (primary N) is 1. The monoisotopic (exact) mass is 553 g/mol. The Morgan fingerprint density at radius 1 is 1.30 bits per heavy atom. The summed E-state index contributed by atoms with van der Waals surface area (Å²) in [5.74, 6) is -0.196. The zero-order valence-corrected chi connectivity index (χ0v) is 22.7. The summed E-state index contributed by atoms with van der Waals surface area (Å²) < 4.78 is 52.7. The molecule has 0 bridgehead atoms. The van der Waals surface area contributed by atoms with E-state index in [2.05, 4.69) is 55.3 Å². The number of carbonyl (C=O) groups is 3. The van der Waals surface area contributed by atoms with Gasteiger partial charge in [0.15, 0.2) is 5.75 Å². The van der Waals surface area contributed by atoms with Crippen LogP contribution in [0.25, 0.3) is 0 Å². The van der Waals surface area contributed by atoms with E-state index in [1.807, 2.05) is 6.07 Å². The number of nitrogens with one attached hydrogen (secondary N) is 2. The van der Waals surface area contributed by atoms with Crippen molar-refractivity contribution in [1.29, 1.82) is 5.26 Å². The average Bonchev–Trinajstić information content (AvgIpc) is 3.11. The second kappa shape index (κ2) is 12.4. The Bertz CT molecular complexity index is 959. The van der Waals surface area contributed by atoms with Gasteiger partial charge in [0.05, 0.1) is 6.07 Å². The molecule has 14 heteroatoms. The summed E-state index contributed by atoms with van der Waals surface area (Å²) in [6.45, 7) is 13.7. The highest BCUT2D eigenvalue weighted by Gasteiger charge is 2.62. The molecule has 4 atom stereocenters. The molecule has 37 heavy (non-hydrogen) atoms. The highest BCUT2D eigenvalue weighted by Crippen LogP contribution is 2.62. The van der Waals surface area contributed by atoms with Gasteiger partial charge in [0.2, 0.25) is 28.2 Å². The molecule has 0 aromatic carbocycles. The SMILES string of the molecule is CC(C)(C)CC(=O)N1CC2[C@H](C1)C2(C)C.N#C[C@H](C[C@@H]1CCNC1=O)NC=O.NS(=O)(=O)CC(F)(F)F. The van der Waals surface area contributed by atoms with Gasteiger partial charge in [-0.15, -0.1) is 0 Å². The molecule has 2 saturated heterocycles. The molecule has 2 aliphatic heterocycles.